The highest BCUT2D eigenvalue weighted by Crippen LogP contribution is 2.50. The lowest BCUT2D eigenvalue weighted by Gasteiger charge is -2.53. The molecule has 4 N–H and O–H groups in total. The van der Waals surface area contributed by atoms with Crippen LogP contribution in [0.1, 0.15) is 113 Å². The summed E-state index contributed by atoms with van der Waals surface area (Å²) in [5.41, 5.74) is -2.06. The molecule has 4 aliphatic heterocycles. The number of ether oxygens (including phenoxy) is 8. The fourth-order valence-electron chi connectivity index (χ4n) is 8.57. The van der Waals surface area contributed by atoms with Gasteiger partial charge in [-0.05, 0) is 38.2 Å². The quantitative estimate of drug-likeness (QED) is 0.0830. The van der Waals surface area contributed by atoms with Gasteiger partial charge >= 0.3 is 29.8 Å². The van der Waals surface area contributed by atoms with Crippen molar-refractivity contribution >= 4 is 29.8 Å². The van der Waals surface area contributed by atoms with Gasteiger partial charge in [0.2, 0.25) is 5.79 Å². The van der Waals surface area contributed by atoms with Crippen LogP contribution in [0.15, 0.2) is 59.8 Å². The number of cyclic esters (lactones) is 1. The molecule has 0 radical (unpaired) electrons. The third kappa shape index (κ3) is 13.4. The van der Waals surface area contributed by atoms with Gasteiger partial charge in [-0.15, -0.1) is 0 Å². The number of carbonyl (C=O) groups excluding carboxylic acids is 5. The number of allylic oxidation sites excluding steroid dienone is 3. The highest BCUT2D eigenvalue weighted by Gasteiger charge is 2.59. The molecule has 4 aliphatic rings. The van der Waals surface area contributed by atoms with Crippen molar-refractivity contribution < 1.29 is 82.3 Å². The Labute approximate surface area is 375 Å². The van der Waals surface area contributed by atoms with E-state index in [0.717, 1.165) is 32.1 Å². The second kappa shape index (κ2) is 22.3. The average Bonchev–Trinajstić information content (AvgIpc) is 3.19. The molecule has 0 aliphatic carbocycles. The molecule has 0 saturated carbocycles. The second-order valence-electron chi connectivity index (χ2n) is 18.3. The number of carbonyl (C=O) groups is 5. The van der Waals surface area contributed by atoms with Gasteiger partial charge in [0.25, 0.3) is 0 Å². The molecule has 4 rings (SSSR count). The summed E-state index contributed by atoms with van der Waals surface area (Å²) in [7, 11) is 2.40. The van der Waals surface area contributed by atoms with Gasteiger partial charge in [0.15, 0.2) is 11.9 Å². The van der Waals surface area contributed by atoms with Gasteiger partial charge < -0.3 is 58.3 Å². The van der Waals surface area contributed by atoms with E-state index in [1.165, 1.54) is 33.1 Å². The van der Waals surface area contributed by atoms with E-state index in [9.17, 15) is 44.4 Å². The predicted molar refractivity (Wildman–Crippen MR) is 228 cm³/mol. The van der Waals surface area contributed by atoms with Crippen LogP contribution in [0.25, 0.3) is 0 Å². The Morgan fingerprint density at radius 2 is 1.56 bits per heavy atom. The first-order valence-electron chi connectivity index (χ1n) is 21.9. The Kier molecular flexibility index (Phi) is 18.3. The zero-order valence-corrected chi connectivity index (χ0v) is 38.5. The number of fused-ring (bicyclic) bond motifs is 6. The van der Waals surface area contributed by atoms with Gasteiger partial charge in [-0.25, -0.2) is 14.4 Å². The van der Waals surface area contributed by atoms with E-state index in [2.05, 4.69) is 0 Å². The van der Waals surface area contributed by atoms with Gasteiger partial charge in [-0.1, -0.05) is 77.0 Å². The molecule has 17 nitrogen and oxygen atoms in total. The van der Waals surface area contributed by atoms with Crippen molar-refractivity contribution in [3.8, 4) is 0 Å². The van der Waals surface area contributed by atoms with Crippen molar-refractivity contribution in [2.75, 3.05) is 14.2 Å². The maximum Gasteiger partial charge on any atom is 0.331 e. The molecule has 64 heavy (non-hydrogen) atoms. The van der Waals surface area contributed by atoms with Crippen molar-refractivity contribution in [1.82, 2.24) is 0 Å². The summed E-state index contributed by atoms with van der Waals surface area (Å²) in [5, 5.41) is 47.5. The van der Waals surface area contributed by atoms with Crippen LogP contribution in [0.4, 0.5) is 0 Å². The number of methoxy groups -OCH3 is 2. The zero-order chi connectivity index (χ0) is 47.6. The van der Waals surface area contributed by atoms with Crippen LogP contribution in [-0.2, 0) is 61.9 Å². The van der Waals surface area contributed by atoms with Crippen molar-refractivity contribution in [3.63, 3.8) is 0 Å². The molecule has 0 spiro atoms. The Bertz CT molecular complexity index is 1830. The lowest BCUT2D eigenvalue weighted by atomic mass is 9.70. The summed E-state index contributed by atoms with van der Waals surface area (Å²) in [6.45, 7) is 11.2. The number of aliphatic hydroxyl groups excluding tert-OH is 2. The van der Waals surface area contributed by atoms with E-state index in [4.69, 9.17) is 37.9 Å². The maximum atomic E-state index is 13.4. The van der Waals surface area contributed by atoms with E-state index in [-0.39, 0.29) is 50.5 Å². The summed E-state index contributed by atoms with van der Waals surface area (Å²) in [6.07, 6.45) is 2.55. The van der Waals surface area contributed by atoms with Gasteiger partial charge in [0.1, 0.15) is 12.2 Å². The molecule has 358 valence electrons. The molecular weight excluding hydrogens is 836 g/mol. The van der Waals surface area contributed by atoms with Gasteiger partial charge in [0.05, 0.1) is 62.7 Å². The maximum absolute atomic E-state index is 13.4. The molecule has 0 amide bonds. The number of rotatable bonds is 9. The highest BCUT2D eigenvalue weighted by molar-refractivity contribution is 5.85. The topological polar surface area (TPSA) is 240 Å². The molecule has 3 fully saturated rings. The van der Waals surface area contributed by atoms with Gasteiger partial charge in [-0.3, -0.25) is 9.59 Å². The number of hydrogen-bond donors (Lipinski definition) is 4. The molecular formula is C47H68O17. The van der Waals surface area contributed by atoms with Crippen molar-refractivity contribution in [2.45, 2.75) is 179 Å². The van der Waals surface area contributed by atoms with Crippen LogP contribution in [0, 0.1) is 10.8 Å². The first-order valence-corrected chi connectivity index (χ1v) is 21.9. The molecule has 11 atom stereocenters. The molecule has 0 aromatic rings. The predicted octanol–water partition coefficient (Wildman–Crippen LogP) is 4.28. The molecule has 4 heterocycles. The number of unbranched alkanes of at least 4 members (excludes halogenated alkanes) is 1. The van der Waals surface area contributed by atoms with Crippen molar-refractivity contribution in [3.05, 3.63) is 59.8 Å². The normalized spacial score (nSPS) is 35.8. The van der Waals surface area contributed by atoms with E-state index in [1.807, 2.05) is 13.0 Å². The number of aliphatic hydroxyl groups is 4. The fourth-order valence-corrected chi connectivity index (χ4v) is 8.57. The Balaban J connectivity index is 1.89. The number of hydrogen-bond acceptors (Lipinski definition) is 17. The van der Waals surface area contributed by atoms with Gasteiger partial charge in [0, 0.05) is 56.3 Å². The lowest BCUT2D eigenvalue weighted by molar-refractivity contribution is -0.348. The van der Waals surface area contributed by atoms with Crippen molar-refractivity contribution in [1.29, 1.82) is 0 Å². The fraction of sp³-hybridized carbons (Fsp3) is 0.681. The standard InChI is InChI=1S/C47H68O17/c1-10-11-12-13-14-15-39(51)62-43-31(22-41(53)58-9)21-34-25-37(28(2)48)61-42(54)24-32(50)23-35-26-38(59-29(3)49)45(6,7)46(55,63-35)27-36-19-30(20-40(52)57-8)18-33(60-36)16-17-44(4,5)47(43,56)64-34/h12-17,20,22,28,32-38,43,48,50,55-56H,10-11,18-19,21,23-27H2,1-9H3/b13-12+,15-14+,17-16-,30-20+,31-22?/t28-,32-,33?,34+,35-,36+,37-,38+,43+,46+,47-/m1/s1. The van der Waals surface area contributed by atoms with Crippen LogP contribution in [0.5, 0.6) is 0 Å². The Morgan fingerprint density at radius 1 is 0.875 bits per heavy atom. The largest absolute Gasteiger partial charge is 0.466 e. The first kappa shape index (κ1) is 52.4. The third-order valence-electron chi connectivity index (χ3n) is 12.4. The summed E-state index contributed by atoms with van der Waals surface area (Å²) in [4.78, 5) is 64.7. The van der Waals surface area contributed by atoms with Gasteiger partial charge in [-0.2, -0.15) is 0 Å². The van der Waals surface area contributed by atoms with Crippen LogP contribution in [0.2, 0.25) is 0 Å². The van der Waals surface area contributed by atoms with E-state index < -0.39 is 114 Å². The SMILES string of the molecule is CCC/C=C/C=C/C(=O)O[C@H]1C(=CC(=O)OC)C[C@H]2C[C@H]([C@@H](C)O)OC(=O)C[C@H](O)C[C@@H]3C[C@H](OC(C)=O)C(C)(C)[C@](O)(C[C@@H]4C/C(=C/C(=O)OC)CC(/C=C\C(C)(C)[C@]1(O)O2)O4)O3. The minimum Gasteiger partial charge on any atom is -0.466 e. The van der Waals surface area contributed by atoms with E-state index in [0.29, 0.717) is 5.57 Å². The zero-order valence-electron chi connectivity index (χ0n) is 38.5. The molecule has 6 bridgehead atoms. The van der Waals surface area contributed by atoms with E-state index in [1.54, 1.807) is 45.9 Å². The summed E-state index contributed by atoms with van der Waals surface area (Å²) in [5.74, 6) is -8.31. The highest BCUT2D eigenvalue weighted by atomic mass is 16.7. The van der Waals surface area contributed by atoms with Crippen LogP contribution in [0.3, 0.4) is 0 Å². The molecule has 0 aromatic carbocycles. The smallest absolute Gasteiger partial charge is 0.331 e. The van der Waals surface area contributed by atoms with Crippen molar-refractivity contribution in [2.24, 2.45) is 10.8 Å². The minimum absolute atomic E-state index is 0.0721. The molecule has 0 aromatic heterocycles. The monoisotopic (exact) mass is 904 g/mol. The Hall–Kier alpha value is -4.23. The van der Waals surface area contributed by atoms with Crippen LogP contribution < -0.4 is 0 Å². The third-order valence-corrected chi connectivity index (χ3v) is 12.4. The molecule has 3 saturated heterocycles. The molecule has 1 unspecified atom stereocenters. The minimum atomic E-state index is -2.47. The second-order valence-corrected chi connectivity index (χ2v) is 18.3. The molecule has 17 heteroatoms. The summed E-state index contributed by atoms with van der Waals surface area (Å²) >= 11 is 0. The first-order chi connectivity index (χ1) is 29.9. The lowest BCUT2D eigenvalue weighted by Crippen LogP contribution is -2.62. The van der Waals surface area contributed by atoms with Crippen LogP contribution in [-0.4, -0.2) is 131 Å². The summed E-state index contributed by atoms with van der Waals surface area (Å²) < 4.78 is 46.7. The van der Waals surface area contributed by atoms with Crippen LogP contribution >= 0.6 is 0 Å². The average molecular weight is 905 g/mol. The summed E-state index contributed by atoms with van der Waals surface area (Å²) in [6, 6.07) is 0. The number of esters is 5. The van der Waals surface area contributed by atoms with E-state index >= 15 is 0 Å². The Morgan fingerprint density at radius 3 is 2.20 bits per heavy atom.